The summed E-state index contributed by atoms with van der Waals surface area (Å²) in [5.74, 6) is 0. The molecule has 0 saturated carbocycles. The summed E-state index contributed by atoms with van der Waals surface area (Å²) in [5, 5.41) is 11.0. The number of carbonyl (C=O) groups is 1. The van der Waals surface area contributed by atoms with Crippen LogP contribution in [0, 0.1) is 11.3 Å². The highest BCUT2D eigenvalue weighted by Crippen LogP contribution is 2.06. The number of amides is 1. The van der Waals surface area contributed by atoms with Gasteiger partial charge in [0, 0.05) is 13.0 Å². The molecule has 3 heteroatoms. The van der Waals surface area contributed by atoms with E-state index in [0.29, 0.717) is 19.4 Å². The lowest BCUT2D eigenvalue weighted by Crippen LogP contribution is -2.09. The summed E-state index contributed by atoms with van der Waals surface area (Å²) in [5.41, 5.74) is 2.22. The van der Waals surface area contributed by atoms with E-state index in [1.165, 1.54) is 0 Å². The van der Waals surface area contributed by atoms with E-state index in [1.807, 2.05) is 24.3 Å². The number of nitriles is 1. The van der Waals surface area contributed by atoms with Crippen molar-refractivity contribution in [2.24, 2.45) is 0 Å². The summed E-state index contributed by atoms with van der Waals surface area (Å²) in [6.45, 7) is 0.558. The monoisotopic (exact) mass is 188 g/mol. The molecule has 0 aliphatic rings. The van der Waals surface area contributed by atoms with Crippen molar-refractivity contribution in [3.8, 4) is 6.07 Å². The Bertz CT molecular complexity index is 324. The summed E-state index contributed by atoms with van der Waals surface area (Å²) in [7, 11) is 0. The SMILES string of the molecule is N#CCCc1ccc(CNC=O)cc1. The number of nitrogens with one attached hydrogen (secondary N) is 1. The van der Waals surface area contributed by atoms with Crippen molar-refractivity contribution in [1.82, 2.24) is 5.32 Å². The molecule has 72 valence electrons. The van der Waals surface area contributed by atoms with E-state index >= 15 is 0 Å². The molecule has 3 nitrogen and oxygen atoms in total. The molecule has 0 heterocycles. The van der Waals surface area contributed by atoms with Gasteiger partial charge >= 0.3 is 0 Å². The van der Waals surface area contributed by atoms with Gasteiger partial charge in [-0.3, -0.25) is 4.79 Å². The number of carbonyl (C=O) groups excluding carboxylic acids is 1. The minimum absolute atomic E-state index is 0.548. The molecule has 14 heavy (non-hydrogen) atoms. The Morgan fingerprint density at radius 2 is 1.93 bits per heavy atom. The second kappa shape index (κ2) is 5.76. The van der Waals surface area contributed by atoms with Crippen LogP contribution in [0.3, 0.4) is 0 Å². The van der Waals surface area contributed by atoms with E-state index < -0.39 is 0 Å². The molecular formula is C11H12N2O. The number of hydrogen-bond acceptors (Lipinski definition) is 2. The van der Waals surface area contributed by atoms with Gasteiger partial charge in [0.25, 0.3) is 0 Å². The highest BCUT2D eigenvalue weighted by atomic mass is 16.1. The first kappa shape index (κ1) is 10.3. The van der Waals surface area contributed by atoms with Crippen molar-refractivity contribution in [3.63, 3.8) is 0 Å². The van der Waals surface area contributed by atoms with Crippen LogP contribution in [0.4, 0.5) is 0 Å². The lowest BCUT2D eigenvalue weighted by Gasteiger charge is -2.01. The Labute approximate surface area is 83.4 Å². The molecule has 0 bridgehead atoms. The zero-order valence-electron chi connectivity index (χ0n) is 7.86. The fourth-order valence-electron chi connectivity index (χ4n) is 1.18. The number of nitrogens with zero attached hydrogens (tertiary/aromatic N) is 1. The van der Waals surface area contributed by atoms with Crippen LogP contribution in [-0.2, 0) is 17.8 Å². The molecule has 0 unspecified atom stereocenters. The van der Waals surface area contributed by atoms with E-state index in [-0.39, 0.29) is 0 Å². The lowest BCUT2D eigenvalue weighted by molar-refractivity contribution is -0.109. The Morgan fingerprint density at radius 1 is 1.29 bits per heavy atom. The van der Waals surface area contributed by atoms with Crippen LogP contribution in [0.2, 0.25) is 0 Å². The van der Waals surface area contributed by atoms with Gasteiger partial charge in [0.05, 0.1) is 6.07 Å². The summed E-state index contributed by atoms with van der Waals surface area (Å²) >= 11 is 0. The van der Waals surface area contributed by atoms with Crippen molar-refractivity contribution in [2.75, 3.05) is 0 Å². The average Bonchev–Trinajstić information content (AvgIpc) is 2.25. The van der Waals surface area contributed by atoms with Crippen LogP contribution in [0.1, 0.15) is 17.5 Å². The Morgan fingerprint density at radius 3 is 2.50 bits per heavy atom. The highest BCUT2D eigenvalue weighted by molar-refractivity contribution is 5.46. The molecule has 0 saturated heterocycles. The Kier molecular flexibility index (Phi) is 4.22. The van der Waals surface area contributed by atoms with E-state index in [9.17, 15) is 4.79 Å². The van der Waals surface area contributed by atoms with E-state index in [2.05, 4.69) is 11.4 Å². The van der Waals surface area contributed by atoms with Gasteiger partial charge in [-0.15, -0.1) is 0 Å². The molecule has 0 aliphatic carbocycles. The summed E-state index contributed by atoms with van der Waals surface area (Å²) in [4.78, 5) is 10.0. The first-order chi connectivity index (χ1) is 6.86. The number of aryl methyl sites for hydroxylation is 1. The quantitative estimate of drug-likeness (QED) is 0.710. The van der Waals surface area contributed by atoms with Gasteiger partial charge < -0.3 is 5.32 Å². The second-order valence-electron chi connectivity index (χ2n) is 2.97. The van der Waals surface area contributed by atoms with Crippen LogP contribution < -0.4 is 5.32 Å². The number of hydrogen-bond donors (Lipinski definition) is 1. The molecule has 1 N–H and O–H groups in total. The summed E-state index contributed by atoms with van der Waals surface area (Å²) in [6, 6.07) is 10.00. The van der Waals surface area contributed by atoms with E-state index in [4.69, 9.17) is 5.26 Å². The maximum absolute atomic E-state index is 10.0. The molecule has 1 rings (SSSR count). The first-order valence-corrected chi connectivity index (χ1v) is 4.48. The predicted molar refractivity (Wildman–Crippen MR) is 53.3 cm³/mol. The normalized spacial score (nSPS) is 9.07. The molecule has 1 aromatic carbocycles. The molecule has 1 amide bonds. The van der Waals surface area contributed by atoms with Gasteiger partial charge in [0.2, 0.25) is 6.41 Å². The predicted octanol–water partition coefficient (Wildman–Crippen LogP) is 1.39. The minimum atomic E-state index is 0.548. The molecule has 0 atom stereocenters. The number of rotatable bonds is 5. The van der Waals surface area contributed by atoms with Crippen molar-refractivity contribution in [3.05, 3.63) is 35.4 Å². The molecule has 1 aromatic rings. The lowest BCUT2D eigenvalue weighted by atomic mass is 10.1. The van der Waals surface area contributed by atoms with Crippen LogP contribution in [-0.4, -0.2) is 6.41 Å². The van der Waals surface area contributed by atoms with Gasteiger partial charge in [-0.2, -0.15) is 5.26 Å². The zero-order chi connectivity index (χ0) is 10.2. The standard InChI is InChI=1S/C11H12N2O/c12-7-1-2-10-3-5-11(6-4-10)8-13-9-14/h3-6,9H,1-2,8H2,(H,13,14). The minimum Gasteiger partial charge on any atom is -0.355 e. The topological polar surface area (TPSA) is 52.9 Å². The maximum atomic E-state index is 10.0. The Hall–Kier alpha value is -1.82. The fourth-order valence-corrected chi connectivity index (χ4v) is 1.18. The van der Waals surface area contributed by atoms with Gasteiger partial charge in [-0.05, 0) is 17.5 Å². The molecule has 0 spiro atoms. The highest BCUT2D eigenvalue weighted by Gasteiger charge is 1.93. The smallest absolute Gasteiger partial charge is 0.207 e. The van der Waals surface area contributed by atoms with Crippen molar-refractivity contribution in [2.45, 2.75) is 19.4 Å². The van der Waals surface area contributed by atoms with Crippen LogP contribution >= 0.6 is 0 Å². The molecule has 0 fully saturated rings. The third-order valence-electron chi connectivity index (χ3n) is 1.94. The van der Waals surface area contributed by atoms with E-state index in [0.717, 1.165) is 17.5 Å². The van der Waals surface area contributed by atoms with Crippen LogP contribution in [0.25, 0.3) is 0 Å². The van der Waals surface area contributed by atoms with E-state index in [1.54, 1.807) is 0 Å². The van der Waals surface area contributed by atoms with Crippen LogP contribution in [0.15, 0.2) is 24.3 Å². The molecular weight excluding hydrogens is 176 g/mol. The van der Waals surface area contributed by atoms with Crippen LogP contribution in [0.5, 0.6) is 0 Å². The van der Waals surface area contributed by atoms with Crippen molar-refractivity contribution < 1.29 is 4.79 Å². The van der Waals surface area contributed by atoms with Gasteiger partial charge in [0.15, 0.2) is 0 Å². The average molecular weight is 188 g/mol. The summed E-state index contributed by atoms with van der Waals surface area (Å²) in [6.07, 6.45) is 2.02. The second-order valence-corrected chi connectivity index (χ2v) is 2.97. The molecule has 0 aliphatic heterocycles. The van der Waals surface area contributed by atoms with Gasteiger partial charge in [0.1, 0.15) is 0 Å². The summed E-state index contributed by atoms with van der Waals surface area (Å²) < 4.78 is 0. The molecule has 0 aromatic heterocycles. The fraction of sp³-hybridized carbons (Fsp3) is 0.273. The first-order valence-electron chi connectivity index (χ1n) is 4.48. The third kappa shape index (κ3) is 3.28. The zero-order valence-corrected chi connectivity index (χ0v) is 7.86. The third-order valence-corrected chi connectivity index (χ3v) is 1.94. The largest absolute Gasteiger partial charge is 0.355 e. The van der Waals surface area contributed by atoms with Gasteiger partial charge in [-0.1, -0.05) is 24.3 Å². The number of benzene rings is 1. The van der Waals surface area contributed by atoms with Crippen molar-refractivity contribution in [1.29, 1.82) is 5.26 Å². The Balaban J connectivity index is 2.51. The molecule has 0 radical (unpaired) electrons. The maximum Gasteiger partial charge on any atom is 0.207 e. The van der Waals surface area contributed by atoms with Crippen molar-refractivity contribution >= 4 is 6.41 Å². The van der Waals surface area contributed by atoms with Gasteiger partial charge in [-0.25, -0.2) is 0 Å².